The number of nitrogens with zero attached hydrogens (tertiary/aromatic N) is 2. The first kappa shape index (κ1) is 14.3. The summed E-state index contributed by atoms with van der Waals surface area (Å²) < 4.78 is 0. The molecule has 0 radical (unpaired) electrons. The standard InChI is InChI=1S/C16H24N4O/c1-17-16(21)13-3-2-8-20(11-13)15-7-4-12(10-19-15)9-18-14-5-6-14/h4,7,10,13-14,18H,2-3,5-6,8-9,11H2,1H3,(H,17,21). The second-order valence-electron chi connectivity index (χ2n) is 6.08. The quantitative estimate of drug-likeness (QED) is 0.857. The number of rotatable bonds is 5. The molecule has 1 aliphatic carbocycles. The highest BCUT2D eigenvalue weighted by molar-refractivity contribution is 5.79. The molecule has 1 aliphatic heterocycles. The number of carbonyl (C=O) groups excluding carboxylic acids is 1. The van der Waals surface area contributed by atoms with Gasteiger partial charge in [0.2, 0.25) is 5.91 Å². The van der Waals surface area contributed by atoms with Crippen LogP contribution in [0.3, 0.4) is 0 Å². The predicted molar refractivity (Wildman–Crippen MR) is 83.1 cm³/mol. The van der Waals surface area contributed by atoms with Gasteiger partial charge in [0.1, 0.15) is 5.82 Å². The molecule has 114 valence electrons. The summed E-state index contributed by atoms with van der Waals surface area (Å²) in [4.78, 5) is 18.6. The van der Waals surface area contributed by atoms with Crippen LogP contribution in [0.4, 0.5) is 5.82 Å². The van der Waals surface area contributed by atoms with E-state index in [9.17, 15) is 4.79 Å². The van der Waals surface area contributed by atoms with Gasteiger partial charge in [-0.25, -0.2) is 4.98 Å². The Morgan fingerprint density at radius 2 is 2.24 bits per heavy atom. The van der Waals surface area contributed by atoms with E-state index < -0.39 is 0 Å². The molecule has 1 unspecified atom stereocenters. The van der Waals surface area contributed by atoms with Crippen molar-refractivity contribution in [1.82, 2.24) is 15.6 Å². The van der Waals surface area contributed by atoms with Crippen molar-refractivity contribution in [1.29, 1.82) is 0 Å². The maximum Gasteiger partial charge on any atom is 0.224 e. The average Bonchev–Trinajstić information content (AvgIpc) is 3.37. The number of aromatic nitrogens is 1. The van der Waals surface area contributed by atoms with Crippen LogP contribution in [0.5, 0.6) is 0 Å². The zero-order valence-electron chi connectivity index (χ0n) is 12.6. The molecule has 1 atom stereocenters. The summed E-state index contributed by atoms with van der Waals surface area (Å²) in [5.74, 6) is 1.21. The van der Waals surface area contributed by atoms with Crippen LogP contribution in [0.25, 0.3) is 0 Å². The minimum Gasteiger partial charge on any atom is -0.359 e. The molecular weight excluding hydrogens is 264 g/mol. The summed E-state index contributed by atoms with van der Waals surface area (Å²) in [5, 5.41) is 6.25. The van der Waals surface area contributed by atoms with Crippen molar-refractivity contribution in [2.75, 3.05) is 25.0 Å². The zero-order chi connectivity index (χ0) is 14.7. The van der Waals surface area contributed by atoms with Crippen LogP contribution in [0.1, 0.15) is 31.2 Å². The van der Waals surface area contributed by atoms with E-state index in [1.807, 2.05) is 6.20 Å². The third-order valence-electron chi connectivity index (χ3n) is 4.34. The van der Waals surface area contributed by atoms with E-state index in [2.05, 4.69) is 32.7 Å². The molecule has 1 aromatic rings. The SMILES string of the molecule is CNC(=O)C1CCCN(c2ccc(CNC3CC3)cn2)C1. The van der Waals surface area contributed by atoms with Gasteiger partial charge in [0.25, 0.3) is 0 Å². The van der Waals surface area contributed by atoms with E-state index >= 15 is 0 Å². The Morgan fingerprint density at radius 3 is 2.90 bits per heavy atom. The second kappa shape index (κ2) is 6.43. The van der Waals surface area contributed by atoms with Crippen LogP contribution in [0, 0.1) is 5.92 Å². The van der Waals surface area contributed by atoms with Crippen LogP contribution in [-0.4, -0.2) is 37.1 Å². The van der Waals surface area contributed by atoms with Crippen molar-refractivity contribution < 1.29 is 4.79 Å². The molecule has 5 nitrogen and oxygen atoms in total. The monoisotopic (exact) mass is 288 g/mol. The van der Waals surface area contributed by atoms with Gasteiger partial charge in [-0.05, 0) is 37.3 Å². The molecular formula is C16H24N4O. The fourth-order valence-electron chi connectivity index (χ4n) is 2.86. The van der Waals surface area contributed by atoms with Gasteiger partial charge in [-0.15, -0.1) is 0 Å². The highest BCUT2D eigenvalue weighted by Gasteiger charge is 2.25. The van der Waals surface area contributed by atoms with Crippen LogP contribution in [0.2, 0.25) is 0 Å². The molecule has 2 aliphatic rings. The number of amides is 1. The first-order valence-electron chi connectivity index (χ1n) is 7.91. The van der Waals surface area contributed by atoms with Crippen molar-refractivity contribution in [3.63, 3.8) is 0 Å². The Hall–Kier alpha value is -1.62. The number of carbonyl (C=O) groups is 1. The highest BCUT2D eigenvalue weighted by Crippen LogP contribution is 2.22. The zero-order valence-corrected chi connectivity index (χ0v) is 12.6. The first-order chi connectivity index (χ1) is 10.3. The minimum atomic E-state index is 0.0850. The van der Waals surface area contributed by atoms with Crippen molar-refractivity contribution in [3.8, 4) is 0 Å². The summed E-state index contributed by atoms with van der Waals surface area (Å²) >= 11 is 0. The lowest BCUT2D eigenvalue weighted by atomic mass is 9.97. The van der Waals surface area contributed by atoms with Gasteiger partial charge in [0, 0.05) is 38.9 Å². The number of nitrogens with one attached hydrogen (secondary N) is 2. The summed E-state index contributed by atoms with van der Waals surface area (Å²) in [6.07, 6.45) is 6.58. The van der Waals surface area contributed by atoms with E-state index in [1.54, 1.807) is 7.05 Å². The number of hydrogen-bond donors (Lipinski definition) is 2. The first-order valence-corrected chi connectivity index (χ1v) is 7.91. The molecule has 21 heavy (non-hydrogen) atoms. The molecule has 2 N–H and O–H groups in total. The molecule has 0 bridgehead atoms. The highest BCUT2D eigenvalue weighted by atomic mass is 16.1. The van der Waals surface area contributed by atoms with Gasteiger partial charge in [-0.2, -0.15) is 0 Å². The van der Waals surface area contributed by atoms with Gasteiger partial charge in [0.05, 0.1) is 5.92 Å². The lowest BCUT2D eigenvalue weighted by Gasteiger charge is -2.32. The molecule has 1 amide bonds. The van der Waals surface area contributed by atoms with E-state index in [0.29, 0.717) is 0 Å². The number of piperidine rings is 1. The van der Waals surface area contributed by atoms with E-state index in [-0.39, 0.29) is 11.8 Å². The Labute approximate surface area is 126 Å². The van der Waals surface area contributed by atoms with E-state index in [1.165, 1.54) is 18.4 Å². The van der Waals surface area contributed by atoms with Crippen LogP contribution in [-0.2, 0) is 11.3 Å². The van der Waals surface area contributed by atoms with Gasteiger partial charge in [0.15, 0.2) is 0 Å². The summed E-state index contributed by atoms with van der Waals surface area (Å²) in [7, 11) is 1.71. The summed E-state index contributed by atoms with van der Waals surface area (Å²) in [6.45, 7) is 2.66. The van der Waals surface area contributed by atoms with Crippen LogP contribution < -0.4 is 15.5 Å². The van der Waals surface area contributed by atoms with Gasteiger partial charge in [-0.1, -0.05) is 6.07 Å². The summed E-state index contributed by atoms with van der Waals surface area (Å²) in [5.41, 5.74) is 1.23. The smallest absolute Gasteiger partial charge is 0.224 e. The van der Waals surface area contributed by atoms with Gasteiger partial charge < -0.3 is 15.5 Å². The Balaban J connectivity index is 1.58. The topological polar surface area (TPSA) is 57.3 Å². The maximum atomic E-state index is 11.8. The number of hydrogen-bond acceptors (Lipinski definition) is 4. The third kappa shape index (κ3) is 3.73. The summed E-state index contributed by atoms with van der Waals surface area (Å²) in [6, 6.07) is 4.94. The van der Waals surface area contributed by atoms with Crippen molar-refractivity contribution >= 4 is 11.7 Å². The lowest BCUT2D eigenvalue weighted by molar-refractivity contribution is -0.124. The second-order valence-corrected chi connectivity index (χ2v) is 6.08. The molecule has 1 saturated carbocycles. The lowest BCUT2D eigenvalue weighted by Crippen LogP contribution is -2.42. The van der Waals surface area contributed by atoms with Crippen LogP contribution >= 0.6 is 0 Å². The minimum absolute atomic E-state index is 0.0850. The van der Waals surface area contributed by atoms with E-state index in [4.69, 9.17) is 0 Å². The predicted octanol–water partition coefficient (Wildman–Crippen LogP) is 1.30. The molecule has 1 aromatic heterocycles. The molecule has 1 saturated heterocycles. The fourth-order valence-corrected chi connectivity index (χ4v) is 2.86. The molecule has 2 heterocycles. The number of pyridine rings is 1. The largest absolute Gasteiger partial charge is 0.359 e. The number of anilines is 1. The Morgan fingerprint density at radius 1 is 1.38 bits per heavy atom. The van der Waals surface area contributed by atoms with Crippen LogP contribution in [0.15, 0.2) is 18.3 Å². The average molecular weight is 288 g/mol. The molecule has 3 rings (SSSR count). The van der Waals surface area contributed by atoms with Crippen molar-refractivity contribution in [3.05, 3.63) is 23.9 Å². The Kier molecular flexibility index (Phi) is 4.39. The Bertz CT molecular complexity index is 484. The third-order valence-corrected chi connectivity index (χ3v) is 4.34. The molecule has 0 spiro atoms. The molecule has 2 fully saturated rings. The van der Waals surface area contributed by atoms with Crippen molar-refractivity contribution in [2.45, 2.75) is 38.3 Å². The van der Waals surface area contributed by atoms with E-state index in [0.717, 1.165) is 44.3 Å². The molecule has 5 heteroatoms. The van der Waals surface area contributed by atoms with Gasteiger partial charge >= 0.3 is 0 Å². The van der Waals surface area contributed by atoms with Gasteiger partial charge in [-0.3, -0.25) is 4.79 Å². The normalized spacial score (nSPS) is 22.1. The fraction of sp³-hybridized carbons (Fsp3) is 0.625. The van der Waals surface area contributed by atoms with Crippen molar-refractivity contribution in [2.24, 2.45) is 5.92 Å². The molecule has 0 aromatic carbocycles. The maximum absolute atomic E-state index is 11.8.